The molecule has 6 rings (SSSR count). The number of allylic oxidation sites excluding steroid dienone is 2. The van der Waals surface area contributed by atoms with E-state index in [-0.39, 0.29) is 47.0 Å². The number of hydrogen-bond donors (Lipinski definition) is 8. The molecule has 10 atom stereocenters. The summed E-state index contributed by atoms with van der Waals surface area (Å²) in [6.45, 7) is 1.87. The second-order valence-corrected chi connectivity index (χ2v) is 13.2. The number of primary amides is 1. The third-order valence-electron chi connectivity index (χ3n) is 10.2. The molecule has 282 valence electrons. The van der Waals surface area contributed by atoms with Gasteiger partial charge in [-0.1, -0.05) is 0 Å². The minimum absolute atomic E-state index is 0.00702. The van der Waals surface area contributed by atoms with Crippen LogP contribution in [0.5, 0.6) is 5.75 Å². The van der Waals surface area contributed by atoms with Gasteiger partial charge in [-0.2, -0.15) is 0 Å². The van der Waals surface area contributed by atoms with Crippen molar-refractivity contribution < 1.29 is 68.1 Å². The van der Waals surface area contributed by atoms with Crippen LogP contribution in [0.2, 0.25) is 0 Å². The molecule has 2 amide bonds. The molecule has 19 nitrogen and oxygen atoms in total. The summed E-state index contributed by atoms with van der Waals surface area (Å²) >= 11 is 0. The summed E-state index contributed by atoms with van der Waals surface area (Å²) in [6, 6.07) is 4.22. The third kappa shape index (κ3) is 5.96. The average molecular weight is 732 g/mol. The summed E-state index contributed by atoms with van der Waals surface area (Å²) in [5.74, 6) is -5.88. The van der Waals surface area contributed by atoms with Gasteiger partial charge in [-0.05, 0) is 31.2 Å². The summed E-state index contributed by atoms with van der Waals surface area (Å²) in [4.78, 5) is 66.5. The van der Waals surface area contributed by atoms with Gasteiger partial charge in [-0.25, -0.2) is 9.59 Å². The third-order valence-corrected chi connectivity index (χ3v) is 10.2. The van der Waals surface area contributed by atoms with E-state index >= 15 is 0 Å². The number of nitrogens with two attached hydrogens (primary N) is 1. The van der Waals surface area contributed by atoms with Crippen LogP contribution < -0.4 is 26.4 Å². The lowest BCUT2D eigenvalue weighted by atomic mass is 9.82. The number of esters is 1. The van der Waals surface area contributed by atoms with Gasteiger partial charge in [-0.3, -0.25) is 14.4 Å². The Morgan fingerprint density at radius 2 is 1.85 bits per heavy atom. The molecule has 0 radical (unpaired) electrons. The molecule has 3 saturated heterocycles. The van der Waals surface area contributed by atoms with E-state index < -0.39 is 90.5 Å². The van der Waals surface area contributed by atoms with Gasteiger partial charge in [-0.15, -0.1) is 0 Å². The number of carbonyl (C=O) groups excluding carboxylic acids is 5. The van der Waals surface area contributed by atoms with Crippen molar-refractivity contribution in [1.29, 1.82) is 0 Å². The maximum atomic E-state index is 14.2. The number of nitrogens with zero attached hydrogens (tertiary/aromatic N) is 1. The predicted octanol–water partition coefficient (Wildman–Crippen LogP) is -2.88. The molecule has 52 heavy (non-hydrogen) atoms. The van der Waals surface area contributed by atoms with E-state index in [4.69, 9.17) is 29.4 Å². The van der Waals surface area contributed by atoms with E-state index in [0.717, 1.165) is 14.0 Å². The van der Waals surface area contributed by atoms with Crippen LogP contribution in [-0.4, -0.2) is 143 Å². The van der Waals surface area contributed by atoms with E-state index in [9.17, 15) is 44.4 Å². The topological polar surface area (TPSA) is 288 Å². The SMILES string of the molecule is COC(=O)[C@@]1(Oc2ccc(NC3=C(C)C(=O)C4=C(C3=O)[C@@H](COC(N)=O)[C@@]3(OC)[C@H]5N[C@H]5CN43)cc2)C[C@H](O)[C@@H](NC(C)=O)[C@H]([C@H](O)[C@H](O)CO)O1. The van der Waals surface area contributed by atoms with E-state index in [1.807, 2.05) is 0 Å². The van der Waals surface area contributed by atoms with Gasteiger partial charge in [0.05, 0.1) is 55.6 Å². The van der Waals surface area contributed by atoms with Gasteiger partial charge in [0.2, 0.25) is 17.5 Å². The smallest absolute Gasteiger partial charge is 0.404 e. The number of fused-ring (bicyclic) bond motifs is 4. The number of piperazine rings is 1. The minimum atomic E-state index is -2.39. The van der Waals surface area contributed by atoms with Crippen LogP contribution in [0.3, 0.4) is 0 Å². The van der Waals surface area contributed by atoms with Crippen molar-refractivity contribution in [3.8, 4) is 5.75 Å². The number of ether oxygens (including phenoxy) is 5. The summed E-state index contributed by atoms with van der Waals surface area (Å²) < 4.78 is 27.9. The molecular weight excluding hydrogens is 690 g/mol. The number of hydrogen-bond acceptors (Lipinski definition) is 17. The highest BCUT2D eigenvalue weighted by molar-refractivity contribution is 6.26. The van der Waals surface area contributed by atoms with E-state index in [1.165, 1.54) is 38.3 Å². The maximum absolute atomic E-state index is 14.2. The molecule has 5 aliphatic rings. The number of ketones is 2. The van der Waals surface area contributed by atoms with Crippen LogP contribution in [0, 0.1) is 5.92 Å². The van der Waals surface area contributed by atoms with Gasteiger partial charge in [0.15, 0.2) is 5.72 Å². The first kappa shape index (κ1) is 37.1. The number of rotatable bonds is 12. The molecule has 9 N–H and O–H groups in total. The first-order chi connectivity index (χ1) is 24.6. The molecule has 0 spiro atoms. The molecule has 3 fully saturated rings. The molecule has 19 heteroatoms. The van der Waals surface area contributed by atoms with Crippen LogP contribution in [0.25, 0.3) is 0 Å². The van der Waals surface area contributed by atoms with Gasteiger partial charge < -0.3 is 70.7 Å². The molecule has 1 aliphatic carbocycles. The summed E-state index contributed by atoms with van der Waals surface area (Å²) in [6.07, 6.45) is -8.51. The lowest BCUT2D eigenvalue weighted by Gasteiger charge is -2.46. The van der Waals surface area contributed by atoms with Crippen LogP contribution in [0.1, 0.15) is 20.3 Å². The Labute approximate surface area is 296 Å². The zero-order chi connectivity index (χ0) is 37.9. The van der Waals surface area contributed by atoms with Crippen LogP contribution in [-0.2, 0) is 38.1 Å². The number of aliphatic hydroxyl groups excluding tert-OH is 4. The lowest BCUT2D eigenvalue weighted by molar-refractivity contribution is -0.285. The zero-order valence-corrected chi connectivity index (χ0v) is 28.7. The molecule has 0 aromatic heterocycles. The molecule has 1 aromatic rings. The van der Waals surface area contributed by atoms with Crippen molar-refractivity contribution in [2.75, 3.05) is 39.3 Å². The standard InChI is InChI=1S/C33H41N5O14/c1-13-22(27(45)21-17(12-50-31(34)47)33(49-4)29-18(37-29)10-38(33)24(21)25(13)43)36-15-5-7-16(8-6-15)51-32(30(46)48-3)9-19(41)23(35-14(2)40)28(52-32)26(44)20(42)11-39/h5-8,17-20,23,26,28-29,36-37,39,41-42,44H,9-12H2,1-4H3,(H2,34,47)(H,35,40)/t17-,18+,19+,20-,23-,26-,28-,29+,32-,33-/m1/s1. The van der Waals surface area contributed by atoms with Crippen LogP contribution in [0.4, 0.5) is 10.5 Å². The Morgan fingerprint density at radius 1 is 1.15 bits per heavy atom. The number of methoxy groups -OCH3 is 2. The summed E-state index contributed by atoms with van der Waals surface area (Å²) in [7, 11) is 2.51. The molecule has 0 saturated carbocycles. The number of benzene rings is 1. The Morgan fingerprint density at radius 3 is 2.44 bits per heavy atom. The number of amides is 2. The first-order valence-electron chi connectivity index (χ1n) is 16.4. The Balaban J connectivity index is 1.25. The van der Waals surface area contributed by atoms with Crippen LogP contribution in [0.15, 0.2) is 46.8 Å². The minimum Gasteiger partial charge on any atom is -0.464 e. The average Bonchev–Trinajstić information content (AvgIpc) is 3.73. The summed E-state index contributed by atoms with van der Waals surface area (Å²) in [5, 5.41) is 50.1. The highest BCUT2D eigenvalue weighted by Gasteiger charge is 2.72. The van der Waals surface area contributed by atoms with Gasteiger partial charge >= 0.3 is 17.8 Å². The molecule has 1 aromatic carbocycles. The number of Topliss-reactive ketones (excluding diaryl/α,β-unsaturated/α-hetero) is 2. The fourth-order valence-electron chi connectivity index (χ4n) is 7.76. The molecule has 0 bridgehead atoms. The number of carbonyl (C=O) groups is 5. The fraction of sp³-hybridized carbons (Fsp3) is 0.545. The van der Waals surface area contributed by atoms with E-state index in [2.05, 4.69) is 16.0 Å². The largest absolute Gasteiger partial charge is 0.464 e. The van der Waals surface area contributed by atoms with E-state index in [0.29, 0.717) is 12.2 Å². The van der Waals surface area contributed by atoms with E-state index in [1.54, 1.807) is 4.90 Å². The van der Waals surface area contributed by atoms with Crippen molar-refractivity contribution in [3.05, 3.63) is 46.8 Å². The van der Waals surface area contributed by atoms with Gasteiger partial charge in [0.25, 0.3) is 0 Å². The van der Waals surface area contributed by atoms with Gasteiger partial charge in [0.1, 0.15) is 30.7 Å². The fourth-order valence-corrected chi connectivity index (χ4v) is 7.76. The summed E-state index contributed by atoms with van der Waals surface area (Å²) in [5.41, 5.74) is 4.86. The molecule has 4 heterocycles. The second kappa shape index (κ2) is 13.7. The van der Waals surface area contributed by atoms with Crippen molar-refractivity contribution >= 4 is 35.2 Å². The van der Waals surface area contributed by atoms with Crippen molar-refractivity contribution in [2.24, 2.45) is 11.7 Å². The maximum Gasteiger partial charge on any atom is 0.404 e. The number of aliphatic hydroxyl groups is 4. The molecule has 0 unspecified atom stereocenters. The highest BCUT2D eigenvalue weighted by Crippen LogP contribution is 2.56. The second-order valence-electron chi connectivity index (χ2n) is 13.2. The lowest BCUT2D eigenvalue weighted by Crippen LogP contribution is -2.68. The van der Waals surface area contributed by atoms with Crippen molar-refractivity contribution in [1.82, 2.24) is 15.5 Å². The Bertz CT molecular complexity index is 1730. The highest BCUT2D eigenvalue weighted by atomic mass is 16.7. The Hall–Kier alpha value is -4.63. The number of anilines is 1. The molecular formula is C33H41N5O14. The first-order valence-corrected chi connectivity index (χ1v) is 16.4. The van der Waals surface area contributed by atoms with Gasteiger partial charge in [0, 0.05) is 43.5 Å². The van der Waals surface area contributed by atoms with Crippen LogP contribution >= 0.6 is 0 Å². The van der Waals surface area contributed by atoms with Crippen molar-refractivity contribution in [2.45, 2.75) is 74.3 Å². The van der Waals surface area contributed by atoms with Crippen molar-refractivity contribution in [3.63, 3.8) is 0 Å². The Kier molecular flexibility index (Phi) is 9.81. The zero-order valence-electron chi connectivity index (χ0n) is 28.7. The monoisotopic (exact) mass is 731 g/mol. The number of nitrogens with one attached hydrogen (secondary N) is 3. The quantitative estimate of drug-likeness (QED) is 0.0609. The predicted molar refractivity (Wildman–Crippen MR) is 174 cm³/mol. The normalized spacial score (nSPS) is 33.1. The molecule has 4 aliphatic heterocycles.